The predicted octanol–water partition coefficient (Wildman–Crippen LogP) is 0.235. The van der Waals surface area contributed by atoms with E-state index < -0.39 is 23.6 Å². The molecule has 8 heteroatoms. The Morgan fingerprint density at radius 1 is 1.32 bits per heavy atom. The molecular formula is C17H20N2O6. The third-order valence-electron chi connectivity index (χ3n) is 3.67. The van der Waals surface area contributed by atoms with Gasteiger partial charge in [0.2, 0.25) is 11.3 Å². The number of nitrogens with one attached hydrogen (secondary N) is 2. The largest absolute Gasteiger partial charge is 0.462 e. The topological polar surface area (TPSA) is 129 Å². The fourth-order valence-electron chi connectivity index (χ4n) is 2.36. The van der Waals surface area contributed by atoms with Crippen molar-refractivity contribution in [1.29, 1.82) is 0 Å². The third-order valence-corrected chi connectivity index (χ3v) is 3.67. The van der Waals surface area contributed by atoms with Crippen molar-refractivity contribution in [2.24, 2.45) is 0 Å². The molecule has 1 heterocycles. The van der Waals surface area contributed by atoms with Gasteiger partial charge in [-0.1, -0.05) is 6.07 Å². The predicted molar refractivity (Wildman–Crippen MR) is 90.2 cm³/mol. The zero-order chi connectivity index (χ0) is 18.6. The highest BCUT2D eigenvalue weighted by atomic mass is 16.5. The molecule has 0 saturated heterocycles. The van der Waals surface area contributed by atoms with Gasteiger partial charge in [0.05, 0.1) is 6.61 Å². The Balaban J connectivity index is 2.37. The summed E-state index contributed by atoms with van der Waals surface area (Å²) in [6.07, 6.45) is -1.26. The number of H-pyrrole nitrogens is 1. The van der Waals surface area contributed by atoms with E-state index in [0.29, 0.717) is 5.52 Å². The van der Waals surface area contributed by atoms with Gasteiger partial charge >= 0.3 is 5.97 Å². The number of hydrogen-bond donors (Lipinski definition) is 4. The SMILES string of the molecule is CCOC(=O)c1c[nH]c2ccc(C(O)C(O)CNC(C)=O)cc2c1=O. The van der Waals surface area contributed by atoms with Crippen molar-refractivity contribution in [2.45, 2.75) is 26.1 Å². The molecule has 1 amide bonds. The van der Waals surface area contributed by atoms with Crippen LogP contribution in [0.25, 0.3) is 10.9 Å². The summed E-state index contributed by atoms with van der Waals surface area (Å²) in [6, 6.07) is 4.51. The van der Waals surface area contributed by atoms with Crippen LogP contribution in [0.2, 0.25) is 0 Å². The summed E-state index contributed by atoms with van der Waals surface area (Å²) < 4.78 is 4.84. The lowest BCUT2D eigenvalue weighted by Gasteiger charge is -2.18. The molecule has 2 atom stereocenters. The number of carbonyl (C=O) groups excluding carboxylic acids is 2. The smallest absolute Gasteiger partial charge is 0.343 e. The van der Waals surface area contributed by atoms with Crippen LogP contribution in [0.3, 0.4) is 0 Å². The zero-order valence-corrected chi connectivity index (χ0v) is 13.9. The first-order valence-electron chi connectivity index (χ1n) is 7.78. The molecule has 0 aliphatic heterocycles. The molecule has 4 N–H and O–H groups in total. The molecule has 1 aromatic carbocycles. The van der Waals surface area contributed by atoms with Crippen LogP contribution in [0.5, 0.6) is 0 Å². The van der Waals surface area contributed by atoms with Crippen molar-refractivity contribution in [1.82, 2.24) is 10.3 Å². The summed E-state index contributed by atoms with van der Waals surface area (Å²) in [4.78, 5) is 38.0. The standard InChI is InChI=1S/C17H20N2O6/c1-3-25-17(24)12-7-19-13-5-4-10(6-11(13)16(12)23)15(22)14(21)8-18-9(2)20/h4-7,14-15,21-22H,3,8H2,1-2H3,(H,18,20)(H,19,23). The fraction of sp³-hybridized carbons (Fsp3) is 0.353. The summed E-state index contributed by atoms with van der Waals surface area (Å²) in [7, 11) is 0. The van der Waals surface area contributed by atoms with Crippen molar-refractivity contribution in [3.05, 3.63) is 45.7 Å². The molecule has 8 nitrogen and oxygen atoms in total. The lowest BCUT2D eigenvalue weighted by atomic mass is 10.0. The minimum atomic E-state index is -1.30. The van der Waals surface area contributed by atoms with Crippen LogP contribution < -0.4 is 10.7 Å². The van der Waals surface area contributed by atoms with Gasteiger partial charge in [-0.3, -0.25) is 9.59 Å². The number of carbonyl (C=O) groups is 2. The lowest BCUT2D eigenvalue weighted by molar-refractivity contribution is -0.119. The van der Waals surface area contributed by atoms with Crippen molar-refractivity contribution in [3.8, 4) is 0 Å². The number of pyridine rings is 1. The average Bonchev–Trinajstić information content (AvgIpc) is 2.59. The second-order valence-corrected chi connectivity index (χ2v) is 5.51. The van der Waals surface area contributed by atoms with E-state index in [1.54, 1.807) is 19.1 Å². The Morgan fingerprint density at radius 3 is 2.68 bits per heavy atom. The maximum Gasteiger partial charge on any atom is 0.343 e. The van der Waals surface area contributed by atoms with Gasteiger partial charge < -0.3 is 25.3 Å². The quantitative estimate of drug-likeness (QED) is 0.553. The number of aliphatic hydroxyl groups excluding tert-OH is 2. The van der Waals surface area contributed by atoms with Crippen molar-refractivity contribution >= 4 is 22.8 Å². The number of benzene rings is 1. The van der Waals surface area contributed by atoms with Gasteiger partial charge in [-0.15, -0.1) is 0 Å². The Hall–Kier alpha value is -2.71. The summed E-state index contributed by atoms with van der Waals surface area (Å²) in [5.74, 6) is -1.07. The van der Waals surface area contributed by atoms with E-state index in [-0.39, 0.29) is 35.6 Å². The molecule has 2 aromatic rings. The highest BCUT2D eigenvalue weighted by Gasteiger charge is 2.20. The van der Waals surface area contributed by atoms with Crippen molar-refractivity contribution in [3.63, 3.8) is 0 Å². The Labute approximate surface area is 143 Å². The highest BCUT2D eigenvalue weighted by Crippen LogP contribution is 2.20. The second-order valence-electron chi connectivity index (χ2n) is 5.51. The minimum absolute atomic E-state index is 0.131. The van der Waals surface area contributed by atoms with Crippen LogP contribution in [0.1, 0.15) is 35.9 Å². The van der Waals surface area contributed by atoms with Crippen molar-refractivity contribution in [2.75, 3.05) is 13.2 Å². The van der Waals surface area contributed by atoms with Crippen LogP contribution in [0, 0.1) is 0 Å². The molecule has 1 aromatic heterocycles. The number of aromatic nitrogens is 1. The number of amides is 1. The molecule has 134 valence electrons. The molecule has 2 rings (SSSR count). The van der Waals surface area contributed by atoms with Crippen LogP contribution in [0.4, 0.5) is 0 Å². The monoisotopic (exact) mass is 348 g/mol. The number of ether oxygens (including phenoxy) is 1. The first-order valence-corrected chi connectivity index (χ1v) is 7.78. The molecule has 25 heavy (non-hydrogen) atoms. The molecule has 0 aliphatic rings. The summed E-state index contributed by atoms with van der Waals surface area (Å²) in [5.41, 5.74) is 0.0968. The van der Waals surface area contributed by atoms with Crippen LogP contribution in [-0.2, 0) is 9.53 Å². The molecule has 0 aliphatic carbocycles. The summed E-state index contributed by atoms with van der Waals surface area (Å²) in [6.45, 7) is 2.95. The van der Waals surface area contributed by atoms with E-state index >= 15 is 0 Å². The first-order chi connectivity index (χ1) is 11.8. The van der Waals surface area contributed by atoms with Crippen LogP contribution >= 0.6 is 0 Å². The number of aromatic amines is 1. The number of esters is 1. The Morgan fingerprint density at radius 2 is 2.04 bits per heavy atom. The minimum Gasteiger partial charge on any atom is -0.462 e. The molecule has 2 unspecified atom stereocenters. The molecule has 0 spiro atoms. The normalized spacial score (nSPS) is 13.3. The maximum atomic E-state index is 12.5. The molecule has 0 saturated carbocycles. The van der Waals surface area contributed by atoms with Gasteiger partial charge in [0.15, 0.2) is 0 Å². The number of hydrogen-bond acceptors (Lipinski definition) is 6. The lowest BCUT2D eigenvalue weighted by Crippen LogP contribution is -2.34. The second kappa shape index (κ2) is 7.91. The Kier molecular flexibility index (Phi) is 5.89. The number of rotatable bonds is 6. The van der Waals surface area contributed by atoms with E-state index in [9.17, 15) is 24.6 Å². The number of fused-ring (bicyclic) bond motifs is 1. The van der Waals surface area contributed by atoms with Gasteiger partial charge in [0.25, 0.3) is 0 Å². The van der Waals surface area contributed by atoms with Gasteiger partial charge in [-0.2, -0.15) is 0 Å². The van der Waals surface area contributed by atoms with Crippen LogP contribution in [0.15, 0.2) is 29.2 Å². The summed E-state index contributed by atoms with van der Waals surface area (Å²) >= 11 is 0. The molecule has 0 radical (unpaired) electrons. The van der Waals surface area contributed by atoms with Crippen LogP contribution in [-0.4, -0.2) is 46.3 Å². The molecule has 0 fully saturated rings. The van der Waals surface area contributed by atoms with E-state index in [0.717, 1.165) is 0 Å². The highest BCUT2D eigenvalue weighted by molar-refractivity contribution is 5.93. The van der Waals surface area contributed by atoms with E-state index in [1.807, 2.05) is 0 Å². The summed E-state index contributed by atoms with van der Waals surface area (Å²) in [5, 5.41) is 22.8. The van der Waals surface area contributed by atoms with Crippen molar-refractivity contribution < 1.29 is 24.5 Å². The van der Waals surface area contributed by atoms with E-state index in [1.165, 1.54) is 19.2 Å². The van der Waals surface area contributed by atoms with Gasteiger partial charge in [0, 0.05) is 30.6 Å². The van der Waals surface area contributed by atoms with Gasteiger partial charge in [0.1, 0.15) is 17.8 Å². The van der Waals surface area contributed by atoms with Gasteiger partial charge in [-0.25, -0.2) is 4.79 Å². The number of aliphatic hydroxyl groups is 2. The van der Waals surface area contributed by atoms with E-state index in [4.69, 9.17) is 4.74 Å². The molecular weight excluding hydrogens is 328 g/mol. The molecule has 0 bridgehead atoms. The Bertz CT molecular complexity index is 845. The van der Waals surface area contributed by atoms with Gasteiger partial charge in [-0.05, 0) is 24.6 Å². The third kappa shape index (κ3) is 4.23. The fourth-order valence-corrected chi connectivity index (χ4v) is 2.36. The first kappa shape index (κ1) is 18.6. The maximum absolute atomic E-state index is 12.5. The zero-order valence-electron chi connectivity index (χ0n) is 13.9. The van der Waals surface area contributed by atoms with E-state index in [2.05, 4.69) is 10.3 Å². The average molecular weight is 348 g/mol.